The van der Waals surface area contributed by atoms with Crippen LogP contribution in [0, 0.1) is 0 Å². The van der Waals surface area contributed by atoms with Crippen molar-refractivity contribution in [2.24, 2.45) is 0 Å². The van der Waals surface area contributed by atoms with E-state index in [-0.39, 0.29) is 17.3 Å². The summed E-state index contributed by atoms with van der Waals surface area (Å²) in [6, 6.07) is 5.03. The number of nitrogens with two attached hydrogens (primary N) is 1. The van der Waals surface area contributed by atoms with Gasteiger partial charge < -0.3 is 15.2 Å². The van der Waals surface area contributed by atoms with Gasteiger partial charge in [-0.3, -0.25) is 0 Å². The van der Waals surface area contributed by atoms with Crippen LogP contribution < -0.4 is 5.73 Å². The molecule has 1 saturated heterocycles. The lowest BCUT2D eigenvalue weighted by molar-refractivity contribution is -0.117. The molecular weight excluding hydrogens is 290 g/mol. The van der Waals surface area contributed by atoms with Crippen LogP contribution in [0.5, 0.6) is 0 Å². The van der Waals surface area contributed by atoms with Gasteiger partial charge in [-0.05, 0) is 25.0 Å². The smallest absolute Gasteiger partial charge is 0.342 e. The summed E-state index contributed by atoms with van der Waals surface area (Å²) in [5.41, 5.74) is 6.39. The van der Waals surface area contributed by atoms with Crippen LogP contribution in [0.15, 0.2) is 18.2 Å². The Balaban J connectivity index is 1.70. The second kappa shape index (κ2) is 5.85. The molecule has 1 saturated carbocycles. The number of anilines is 1. The van der Waals surface area contributed by atoms with Gasteiger partial charge in [0.15, 0.2) is 0 Å². The number of carbonyl (C=O) groups is 1. The summed E-state index contributed by atoms with van der Waals surface area (Å²) in [6.07, 6.45) is 5.92. The molecule has 2 N–H and O–H groups in total. The molecule has 1 unspecified atom stereocenters. The van der Waals surface area contributed by atoms with Gasteiger partial charge in [-0.15, -0.1) is 0 Å². The molecule has 1 aromatic rings. The molecule has 1 spiro atoms. The Morgan fingerprint density at radius 3 is 2.86 bits per heavy atom. The van der Waals surface area contributed by atoms with Gasteiger partial charge in [-0.25, -0.2) is 4.79 Å². The fraction of sp³-hybridized carbons (Fsp3) is 0.562. The number of esters is 1. The van der Waals surface area contributed by atoms with E-state index in [1.807, 2.05) is 0 Å². The van der Waals surface area contributed by atoms with Crippen molar-refractivity contribution in [3.05, 3.63) is 28.8 Å². The lowest BCUT2D eigenvalue weighted by atomic mass is 9.90. The molecule has 2 fully saturated rings. The largest absolute Gasteiger partial charge is 0.458 e. The lowest BCUT2D eigenvalue weighted by Gasteiger charge is -2.37. The van der Waals surface area contributed by atoms with Crippen molar-refractivity contribution in [1.82, 2.24) is 0 Å². The summed E-state index contributed by atoms with van der Waals surface area (Å²) in [5.74, 6) is -0.432. The molecule has 0 bridgehead atoms. The number of benzene rings is 1. The van der Waals surface area contributed by atoms with E-state index in [1.54, 1.807) is 18.2 Å². The highest BCUT2D eigenvalue weighted by molar-refractivity contribution is 6.34. The molecule has 1 heterocycles. The average molecular weight is 310 g/mol. The zero-order chi connectivity index (χ0) is 14.9. The molecule has 1 atom stereocenters. The first-order chi connectivity index (χ1) is 10.1. The van der Waals surface area contributed by atoms with Crippen molar-refractivity contribution >= 4 is 23.3 Å². The standard InChI is InChI=1S/C16H20ClNO3/c17-12-4-3-5-13(18)14(12)15(19)21-11-6-9-20-16(10-11)7-1-2-8-16/h3-5,11H,1-2,6-10,18H2. The van der Waals surface area contributed by atoms with Gasteiger partial charge in [0.1, 0.15) is 11.7 Å². The van der Waals surface area contributed by atoms with E-state index < -0.39 is 5.97 Å². The second-order valence-electron chi connectivity index (χ2n) is 5.96. The Morgan fingerprint density at radius 2 is 2.14 bits per heavy atom. The molecular formula is C16H20ClNO3. The van der Waals surface area contributed by atoms with Gasteiger partial charge in [-0.1, -0.05) is 30.5 Å². The molecule has 0 amide bonds. The predicted molar refractivity (Wildman–Crippen MR) is 81.5 cm³/mol. The van der Waals surface area contributed by atoms with Gasteiger partial charge >= 0.3 is 5.97 Å². The minimum absolute atomic E-state index is 0.0742. The number of ether oxygens (including phenoxy) is 2. The summed E-state index contributed by atoms with van der Waals surface area (Å²) in [7, 11) is 0. The highest BCUT2D eigenvalue weighted by atomic mass is 35.5. The second-order valence-corrected chi connectivity index (χ2v) is 6.37. The minimum Gasteiger partial charge on any atom is -0.458 e. The molecule has 3 rings (SSSR count). The zero-order valence-corrected chi connectivity index (χ0v) is 12.7. The number of halogens is 1. The Labute approximate surface area is 129 Å². The van der Waals surface area contributed by atoms with Crippen LogP contribution in [0.1, 0.15) is 48.9 Å². The molecule has 2 aliphatic rings. The third-order valence-electron chi connectivity index (χ3n) is 4.49. The molecule has 1 aromatic carbocycles. The maximum Gasteiger partial charge on any atom is 0.342 e. The van der Waals surface area contributed by atoms with Gasteiger partial charge in [0.2, 0.25) is 0 Å². The van der Waals surface area contributed by atoms with Crippen LogP contribution in [-0.4, -0.2) is 24.3 Å². The Hall–Kier alpha value is -1.26. The molecule has 1 aliphatic carbocycles. The average Bonchev–Trinajstić information content (AvgIpc) is 2.86. The van der Waals surface area contributed by atoms with Crippen LogP contribution in [-0.2, 0) is 9.47 Å². The third kappa shape index (κ3) is 3.01. The van der Waals surface area contributed by atoms with E-state index in [0.717, 1.165) is 25.7 Å². The van der Waals surface area contributed by atoms with Crippen molar-refractivity contribution in [2.45, 2.75) is 50.2 Å². The van der Waals surface area contributed by atoms with Crippen LogP contribution in [0.2, 0.25) is 5.02 Å². The Morgan fingerprint density at radius 1 is 1.38 bits per heavy atom. The quantitative estimate of drug-likeness (QED) is 0.670. The Bertz CT molecular complexity index is 520. The van der Waals surface area contributed by atoms with E-state index in [4.69, 9.17) is 26.8 Å². The summed E-state index contributed by atoms with van der Waals surface area (Å²) in [4.78, 5) is 12.3. The summed E-state index contributed by atoms with van der Waals surface area (Å²) < 4.78 is 11.6. The number of hydrogen-bond acceptors (Lipinski definition) is 4. The normalized spacial score (nSPS) is 24.1. The zero-order valence-electron chi connectivity index (χ0n) is 11.9. The first-order valence-electron chi connectivity index (χ1n) is 7.49. The summed E-state index contributed by atoms with van der Waals surface area (Å²) in [5, 5.41) is 0.336. The number of rotatable bonds is 2. The summed E-state index contributed by atoms with van der Waals surface area (Å²) in [6.45, 7) is 0.649. The van der Waals surface area contributed by atoms with Crippen molar-refractivity contribution in [2.75, 3.05) is 12.3 Å². The topological polar surface area (TPSA) is 61.6 Å². The number of carbonyl (C=O) groups excluding carboxylic acids is 1. The molecule has 1 aliphatic heterocycles. The highest BCUT2D eigenvalue weighted by Gasteiger charge is 2.41. The highest BCUT2D eigenvalue weighted by Crippen LogP contribution is 2.41. The van der Waals surface area contributed by atoms with Crippen molar-refractivity contribution in [3.63, 3.8) is 0 Å². The van der Waals surface area contributed by atoms with Gasteiger partial charge in [0.05, 0.1) is 17.2 Å². The van der Waals surface area contributed by atoms with Gasteiger partial charge in [0.25, 0.3) is 0 Å². The first kappa shape index (κ1) is 14.7. The van der Waals surface area contributed by atoms with E-state index in [1.165, 1.54) is 12.8 Å². The maximum absolute atomic E-state index is 12.3. The van der Waals surface area contributed by atoms with Crippen molar-refractivity contribution in [3.8, 4) is 0 Å². The van der Waals surface area contributed by atoms with E-state index in [0.29, 0.717) is 17.3 Å². The number of nitrogen functional groups attached to an aromatic ring is 1. The van der Waals surface area contributed by atoms with Gasteiger partial charge in [0, 0.05) is 18.5 Å². The van der Waals surface area contributed by atoms with E-state index >= 15 is 0 Å². The van der Waals surface area contributed by atoms with E-state index in [2.05, 4.69) is 0 Å². The molecule has 4 nitrogen and oxygen atoms in total. The van der Waals surface area contributed by atoms with Crippen LogP contribution in [0.3, 0.4) is 0 Å². The molecule has 0 radical (unpaired) electrons. The number of hydrogen-bond donors (Lipinski definition) is 1. The van der Waals surface area contributed by atoms with Crippen molar-refractivity contribution < 1.29 is 14.3 Å². The fourth-order valence-electron chi connectivity index (χ4n) is 3.42. The van der Waals surface area contributed by atoms with Gasteiger partial charge in [-0.2, -0.15) is 0 Å². The van der Waals surface area contributed by atoms with Crippen molar-refractivity contribution in [1.29, 1.82) is 0 Å². The molecule has 0 aromatic heterocycles. The van der Waals surface area contributed by atoms with Crippen LogP contribution >= 0.6 is 11.6 Å². The lowest BCUT2D eigenvalue weighted by Crippen LogP contribution is -2.41. The third-order valence-corrected chi connectivity index (χ3v) is 4.80. The molecule has 114 valence electrons. The van der Waals surface area contributed by atoms with E-state index in [9.17, 15) is 4.79 Å². The molecule has 21 heavy (non-hydrogen) atoms. The fourth-order valence-corrected chi connectivity index (χ4v) is 3.68. The predicted octanol–water partition coefficient (Wildman–Crippen LogP) is 3.57. The SMILES string of the molecule is Nc1cccc(Cl)c1C(=O)OC1CCOC2(CCCC2)C1. The van der Waals surface area contributed by atoms with Crippen LogP contribution in [0.25, 0.3) is 0 Å². The monoisotopic (exact) mass is 309 g/mol. The molecule has 5 heteroatoms. The maximum atomic E-state index is 12.3. The first-order valence-corrected chi connectivity index (χ1v) is 7.86. The van der Waals surface area contributed by atoms with Crippen LogP contribution in [0.4, 0.5) is 5.69 Å². The summed E-state index contributed by atoms with van der Waals surface area (Å²) >= 11 is 6.06. The Kier molecular flexibility index (Phi) is 4.09. The minimum atomic E-state index is -0.432.